The highest BCUT2D eigenvalue weighted by molar-refractivity contribution is 7.91. The predicted molar refractivity (Wildman–Crippen MR) is 79.6 cm³/mol. The topological polar surface area (TPSA) is 81.1 Å². The number of nitrogens with one attached hydrogen (secondary N) is 1. The van der Waals surface area contributed by atoms with Crippen LogP contribution in [-0.4, -0.2) is 41.7 Å². The fourth-order valence-electron chi connectivity index (χ4n) is 2.62. The number of rotatable bonds is 4. The number of nitrogens with zero attached hydrogens (tertiary/aromatic N) is 2. The Hall–Kier alpha value is -1.89. The van der Waals surface area contributed by atoms with Crippen molar-refractivity contribution in [2.75, 3.05) is 11.5 Å². The molecule has 1 aromatic carbocycles. The minimum atomic E-state index is -2.96. The molecule has 3 rings (SSSR count). The Morgan fingerprint density at radius 2 is 2.19 bits per heavy atom. The van der Waals surface area contributed by atoms with E-state index in [1.807, 2.05) is 24.3 Å². The van der Waals surface area contributed by atoms with E-state index in [9.17, 15) is 13.2 Å². The summed E-state index contributed by atoms with van der Waals surface area (Å²) in [6.07, 6.45) is 2.58. The fraction of sp³-hybridized carbons (Fsp3) is 0.429. The number of benzene rings is 1. The first-order valence-electron chi connectivity index (χ1n) is 6.94. The summed E-state index contributed by atoms with van der Waals surface area (Å²) in [5, 5.41) is 8.09. The maximum atomic E-state index is 11.9. The predicted octanol–water partition coefficient (Wildman–Crippen LogP) is 0.730. The highest BCUT2D eigenvalue weighted by Crippen LogP contribution is 2.14. The van der Waals surface area contributed by atoms with Gasteiger partial charge in [0.25, 0.3) is 0 Å². The second kappa shape index (κ2) is 5.48. The molecule has 7 heteroatoms. The molecule has 0 saturated carbocycles. The van der Waals surface area contributed by atoms with Crippen molar-refractivity contribution >= 4 is 26.6 Å². The van der Waals surface area contributed by atoms with Crippen LogP contribution in [0.3, 0.4) is 0 Å². The van der Waals surface area contributed by atoms with Crippen LogP contribution in [0.25, 0.3) is 10.9 Å². The lowest BCUT2D eigenvalue weighted by Gasteiger charge is -2.11. The molecular weight excluding hydrogens is 290 g/mol. The summed E-state index contributed by atoms with van der Waals surface area (Å²) in [6, 6.07) is 7.58. The van der Waals surface area contributed by atoms with Crippen molar-refractivity contribution in [3.63, 3.8) is 0 Å². The molecule has 1 saturated heterocycles. The molecule has 0 spiro atoms. The van der Waals surface area contributed by atoms with Gasteiger partial charge in [0.15, 0.2) is 9.84 Å². The lowest BCUT2D eigenvalue weighted by atomic mass is 10.2. The van der Waals surface area contributed by atoms with Crippen molar-refractivity contribution in [1.29, 1.82) is 0 Å². The van der Waals surface area contributed by atoms with E-state index in [-0.39, 0.29) is 23.5 Å². The lowest BCUT2D eigenvalue weighted by Crippen LogP contribution is -2.36. The largest absolute Gasteiger partial charge is 0.352 e. The van der Waals surface area contributed by atoms with Crippen LogP contribution in [0, 0.1) is 0 Å². The summed E-state index contributed by atoms with van der Waals surface area (Å²) in [5.74, 6) is 0.0993. The number of aromatic nitrogens is 2. The first-order chi connectivity index (χ1) is 10.0. The Morgan fingerprint density at radius 3 is 2.95 bits per heavy atom. The number of amides is 1. The van der Waals surface area contributed by atoms with E-state index in [1.165, 1.54) is 0 Å². The summed E-state index contributed by atoms with van der Waals surface area (Å²) in [5.41, 5.74) is 0.994. The number of sulfone groups is 1. The summed E-state index contributed by atoms with van der Waals surface area (Å²) >= 11 is 0. The number of para-hydroxylation sites is 1. The van der Waals surface area contributed by atoms with E-state index in [2.05, 4.69) is 10.4 Å². The van der Waals surface area contributed by atoms with Gasteiger partial charge in [-0.25, -0.2) is 8.42 Å². The Kier molecular flexibility index (Phi) is 3.67. The third-order valence-corrected chi connectivity index (χ3v) is 5.47. The van der Waals surface area contributed by atoms with Crippen LogP contribution in [0.1, 0.15) is 12.8 Å². The average Bonchev–Trinajstić information content (AvgIpc) is 3.00. The molecule has 0 radical (unpaired) electrons. The molecule has 1 aliphatic rings. The van der Waals surface area contributed by atoms with Gasteiger partial charge >= 0.3 is 0 Å². The summed E-state index contributed by atoms with van der Waals surface area (Å²) < 4.78 is 24.5. The van der Waals surface area contributed by atoms with Gasteiger partial charge in [0, 0.05) is 17.8 Å². The number of fused-ring (bicyclic) bond motifs is 1. The van der Waals surface area contributed by atoms with Gasteiger partial charge in [-0.2, -0.15) is 5.10 Å². The maximum Gasteiger partial charge on any atom is 0.222 e. The van der Waals surface area contributed by atoms with Gasteiger partial charge in [-0.3, -0.25) is 9.48 Å². The normalized spacial score (nSPS) is 20.7. The first kappa shape index (κ1) is 14.1. The maximum absolute atomic E-state index is 11.9. The highest BCUT2D eigenvalue weighted by Gasteiger charge is 2.28. The second-order valence-corrected chi connectivity index (χ2v) is 7.57. The van der Waals surface area contributed by atoms with Crippen LogP contribution in [0.5, 0.6) is 0 Å². The number of hydrogen-bond acceptors (Lipinski definition) is 4. The van der Waals surface area contributed by atoms with Gasteiger partial charge in [-0.1, -0.05) is 18.2 Å². The van der Waals surface area contributed by atoms with Crippen LogP contribution in [0.4, 0.5) is 0 Å². The third kappa shape index (κ3) is 3.24. The molecule has 6 nitrogen and oxygen atoms in total. The van der Waals surface area contributed by atoms with E-state index in [0.29, 0.717) is 19.4 Å². The zero-order valence-corrected chi connectivity index (χ0v) is 12.3. The minimum Gasteiger partial charge on any atom is -0.352 e. The van der Waals surface area contributed by atoms with Crippen molar-refractivity contribution in [2.45, 2.75) is 25.4 Å². The Bertz CT molecular complexity index is 767. The van der Waals surface area contributed by atoms with Gasteiger partial charge in [0.2, 0.25) is 5.91 Å². The molecule has 0 aliphatic carbocycles. The summed E-state index contributed by atoms with van der Waals surface area (Å²) in [4.78, 5) is 11.9. The molecule has 21 heavy (non-hydrogen) atoms. The lowest BCUT2D eigenvalue weighted by molar-refractivity contribution is -0.121. The van der Waals surface area contributed by atoms with Gasteiger partial charge < -0.3 is 5.32 Å². The summed E-state index contributed by atoms with van der Waals surface area (Å²) in [7, 11) is -2.96. The Morgan fingerprint density at radius 1 is 1.38 bits per heavy atom. The van der Waals surface area contributed by atoms with Gasteiger partial charge in [0.1, 0.15) is 0 Å². The van der Waals surface area contributed by atoms with E-state index >= 15 is 0 Å². The highest BCUT2D eigenvalue weighted by atomic mass is 32.2. The zero-order valence-electron chi connectivity index (χ0n) is 11.5. The zero-order chi connectivity index (χ0) is 14.9. The molecule has 1 aliphatic heterocycles. The molecule has 0 bridgehead atoms. The molecule has 1 aromatic heterocycles. The Labute approximate surface area is 123 Å². The molecular formula is C14H17N3O3S. The first-order valence-corrected chi connectivity index (χ1v) is 8.76. The van der Waals surface area contributed by atoms with Gasteiger partial charge in [-0.15, -0.1) is 0 Å². The molecule has 0 unspecified atom stereocenters. The van der Waals surface area contributed by atoms with Gasteiger partial charge in [-0.05, 0) is 12.5 Å². The average molecular weight is 307 g/mol. The third-order valence-electron chi connectivity index (χ3n) is 3.70. The molecule has 1 N–H and O–H groups in total. The van der Waals surface area contributed by atoms with E-state index in [0.717, 1.165) is 10.9 Å². The standard InChI is InChI=1S/C14H17N3O3S/c18-14(16-12-6-8-21(19,20)10-12)5-7-17-13-4-2-1-3-11(13)9-15-17/h1-4,9,12H,5-8,10H2,(H,16,18)/t12-/m1/s1. The molecule has 112 valence electrons. The SMILES string of the molecule is O=C(CCn1ncc2ccccc21)N[C@@H]1CCS(=O)(=O)C1. The van der Waals surface area contributed by atoms with Crippen molar-refractivity contribution in [2.24, 2.45) is 0 Å². The minimum absolute atomic E-state index is 0.0590. The van der Waals surface area contributed by atoms with Crippen molar-refractivity contribution in [1.82, 2.24) is 15.1 Å². The van der Waals surface area contributed by atoms with Crippen molar-refractivity contribution in [3.8, 4) is 0 Å². The van der Waals surface area contributed by atoms with Crippen molar-refractivity contribution < 1.29 is 13.2 Å². The Balaban J connectivity index is 1.57. The van der Waals surface area contributed by atoms with Crippen LogP contribution in [0.15, 0.2) is 30.5 Å². The number of carbonyl (C=O) groups is 1. The summed E-state index contributed by atoms with van der Waals surface area (Å²) in [6.45, 7) is 0.485. The number of carbonyl (C=O) groups excluding carboxylic acids is 1. The van der Waals surface area contributed by atoms with Gasteiger partial charge in [0.05, 0.1) is 29.8 Å². The monoisotopic (exact) mass is 307 g/mol. The van der Waals surface area contributed by atoms with E-state index in [1.54, 1.807) is 10.9 Å². The van der Waals surface area contributed by atoms with Crippen molar-refractivity contribution in [3.05, 3.63) is 30.5 Å². The molecule has 1 atom stereocenters. The molecule has 2 heterocycles. The van der Waals surface area contributed by atoms with Crippen LogP contribution in [0.2, 0.25) is 0 Å². The van der Waals surface area contributed by atoms with Crippen LogP contribution >= 0.6 is 0 Å². The molecule has 2 aromatic rings. The second-order valence-electron chi connectivity index (χ2n) is 5.34. The quantitative estimate of drug-likeness (QED) is 0.903. The molecule has 1 amide bonds. The number of aryl methyl sites for hydroxylation is 1. The number of hydrogen-bond donors (Lipinski definition) is 1. The molecule has 1 fully saturated rings. The van der Waals surface area contributed by atoms with E-state index < -0.39 is 9.84 Å². The fourth-order valence-corrected chi connectivity index (χ4v) is 4.29. The van der Waals surface area contributed by atoms with Crippen LogP contribution in [-0.2, 0) is 21.2 Å². The van der Waals surface area contributed by atoms with E-state index in [4.69, 9.17) is 0 Å². The van der Waals surface area contributed by atoms with Crippen LogP contribution < -0.4 is 5.32 Å². The smallest absolute Gasteiger partial charge is 0.222 e.